The number of pyridine rings is 1. The summed E-state index contributed by atoms with van der Waals surface area (Å²) in [6, 6.07) is 2.04. The van der Waals surface area contributed by atoms with Crippen LogP contribution in [0.25, 0.3) is 0 Å². The van der Waals surface area contributed by atoms with Crippen LogP contribution in [0, 0.1) is 0 Å². The highest BCUT2D eigenvalue weighted by atomic mass is 19.4. The van der Waals surface area contributed by atoms with Gasteiger partial charge >= 0.3 is 6.18 Å². The molecule has 0 saturated heterocycles. The van der Waals surface area contributed by atoms with Crippen molar-refractivity contribution in [3.8, 4) is 5.88 Å². The van der Waals surface area contributed by atoms with Crippen molar-refractivity contribution >= 4 is 0 Å². The molecule has 3 N–H and O–H groups in total. The molecule has 1 atom stereocenters. The van der Waals surface area contributed by atoms with Crippen molar-refractivity contribution in [1.82, 2.24) is 4.98 Å². The normalized spacial score (nSPS) is 15.6. The lowest BCUT2D eigenvalue weighted by Gasteiger charge is -2.29. The van der Waals surface area contributed by atoms with Gasteiger partial charge in [0, 0.05) is 24.4 Å². The summed E-state index contributed by atoms with van der Waals surface area (Å²) in [6.07, 6.45) is -3.74. The van der Waals surface area contributed by atoms with Crippen LogP contribution >= 0.6 is 0 Å². The molecule has 0 aliphatic carbocycles. The number of ether oxygens (including phenoxy) is 1. The Hall–Kier alpha value is -1.34. The molecule has 1 aromatic rings. The number of methoxy groups -OCH3 is 1. The van der Waals surface area contributed by atoms with E-state index in [1.54, 1.807) is 0 Å². The molecular weight excluding hydrogens is 225 g/mol. The van der Waals surface area contributed by atoms with E-state index in [4.69, 9.17) is 5.73 Å². The van der Waals surface area contributed by atoms with Crippen LogP contribution in [0.3, 0.4) is 0 Å². The standard InChI is InChI=1S/C9H11F3N2O2/c1-16-7-4-6(2-3-14-7)8(15,5-13)9(10,11)12/h2-4,15H,5,13H2,1H3. The third kappa shape index (κ3) is 2.10. The number of nitrogens with zero attached hydrogens (tertiary/aromatic N) is 1. The summed E-state index contributed by atoms with van der Waals surface area (Å²) >= 11 is 0. The summed E-state index contributed by atoms with van der Waals surface area (Å²) in [6.45, 7) is -0.969. The molecule has 90 valence electrons. The summed E-state index contributed by atoms with van der Waals surface area (Å²) < 4.78 is 42.6. The molecule has 0 bridgehead atoms. The number of hydrogen-bond acceptors (Lipinski definition) is 4. The molecule has 0 aliphatic heterocycles. The largest absolute Gasteiger partial charge is 0.481 e. The van der Waals surface area contributed by atoms with Crippen molar-refractivity contribution in [2.24, 2.45) is 5.73 Å². The monoisotopic (exact) mass is 236 g/mol. The maximum Gasteiger partial charge on any atom is 0.422 e. The van der Waals surface area contributed by atoms with Gasteiger partial charge in [-0.3, -0.25) is 0 Å². The van der Waals surface area contributed by atoms with Crippen molar-refractivity contribution in [2.45, 2.75) is 11.8 Å². The van der Waals surface area contributed by atoms with Crippen LogP contribution in [0.1, 0.15) is 5.56 Å². The molecule has 0 radical (unpaired) electrons. The van der Waals surface area contributed by atoms with Crippen molar-refractivity contribution in [2.75, 3.05) is 13.7 Å². The first-order chi connectivity index (χ1) is 7.35. The summed E-state index contributed by atoms with van der Waals surface area (Å²) in [5.74, 6) is -0.0198. The lowest BCUT2D eigenvalue weighted by Crippen LogP contribution is -2.48. The van der Waals surface area contributed by atoms with Gasteiger partial charge in [-0.25, -0.2) is 4.98 Å². The lowest BCUT2D eigenvalue weighted by molar-refractivity contribution is -0.262. The van der Waals surface area contributed by atoms with E-state index in [-0.39, 0.29) is 5.88 Å². The Labute approximate surface area is 89.9 Å². The molecule has 0 aromatic carbocycles. The van der Waals surface area contributed by atoms with Gasteiger partial charge in [-0.1, -0.05) is 0 Å². The van der Waals surface area contributed by atoms with Gasteiger partial charge in [0.1, 0.15) is 0 Å². The first kappa shape index (κ1) is 12.7. The predicted octanol–water partition coefficient (Wildman–Crippen LogP) is 0.799. The topological polar surface area (TPSA) is 68.4 Å². The Balaban J connectivity index is 3.23. The van der Waals surface area contributed by atoms with E-state index in [0.717, 1.165) is 18.3 Å². The van der Waals surface area contributed by atoms with Gasteiger partial charge in [-0.2, -0.15) is 13.2 Å². The van der Waals surface area contributed by atoms with E-state index >= 15 is 0 Å². The van der Waals surface area contributed by atoms with E-state index in [1.165, 1.54) is 7.11 Å². The summed E-state index contributed by atoms with van der Waals surface area (Å²) in [7, 11) is 1.27. The van der Waals surface area contributed by atoms with Gasteiger partial charge in [-0.15, -0.1) is 0 Å². The highest BCUT2D eigenvalue weighted by Crippen LogP contribution is 2.38. The van der Waals surface area contributed by atoms with E-state index in [9.17, 15) is 18.3 Å². The first-order valence-electron chi connectivity index (χ1n) is 4.35. The maximum atomic E-state index is 12.6. The number of halogens is 3. The van der Waals surface area contributed by atoms with Crippen LogP contribution in [0.4, 0.5) is 13.2 Å². The number of nitrogens with two attached hydrogens (primary N) is 1. The number of aliphatic hydroxyl groups is 1. The first-order valence-corrected chi connectivity index (χ1v) is 4.35. The summed E-state index contributed by atoms with van der Waals surface area (Å²) in [4.78, 5) is 3.65. The molecule has 0 spiro atoms. The smallest absolute Gasteiger partial charge is 0.422 e. The molecule has 0 saturated carbocycles. The van der Waals surface area contributed by atoms with Gasteiger partial charge < -0.3 is 15.6 Å². The van der Waals surface area contributed by atoms with E-state index in [0.29, 0.717) is 0 Å². The van der Waals surface area contributed by atoms with Crippen molar-refractivity contribution in [3.63, 3.8) is 0 Å². The van der Waals surface area contributed by atoms with Crippen LogP contribution in [0.2, 0.25) is 0 Å². The fourth-order valence-corrected chi connectivity index (χ4v) is 1.18. The van der Waals surface area contributed by atoms with Crippen LogP contribution in [-0.4, -0.2) is 29.9 Å². The summed E-state index contributed by atoms with van der Waals surface area (Å²) in [5.41, 5.74) is 1.51. The van der Waals surface area contributed by atoms with Crippen LogP contribution in [0.15, 0.2) is 18.3 Å². The van der Waals surface area contributed by atoms with Gasteiger partial charge in [0.2, 0.25) is 5.88 Å². The molecule has 1 rings (SSSR count). The minimum Gasteiger partial charge on any atom is -0.481 e. The second kappa shape index (κ2) is 4.26. The van der Waals surface area contributed by atoms with Crippen LogP contribution < -0.4 is 10.5 Å². The SMILES string of the molecule is COc1cc(C(O)(CN)C(F)(F)F)ccn1. The van der Waals surface area contributed by atoms with Crippen molar-refractivity contribution in [1.29, 1.82) is 0 Å². The highest BCUT2D eigenvalue weighted by molar-refractivity contribution is 5.28. The van der Waals surface area contributed by atoms with Gasteiger partial charge in [0.25, 0.3) is 0 Å². The Kier molecular flexibility index (Phi) is 3.39. The fourth-order valence-electron chi connectivity index (χ4n) is 1.18. The second-order valence-corrected chi connectivity index (χ2v) is 3.15. The van der Waals surface area contributed by atoms with E-state index in [1.807, 2.05) is 0 Å². The van der Waals surface area contributed by atoms with Crippen molar-refractivity contribution < 1.29 is 23.0 Å². The Bertz CT molecular complexity index is 370. The minimum atomic E-state index is -4.85. The molecule has 0 amide bonds. The maximum absolute atomic E-state index is 12.6. The summed E-state index contributed by atoms with van der Waals surface area (Å²) in [5, 5.41) is 9.51. The molecule has 7 heteroatoms. The molecule has 4 nitrogen and oxygen atoms in total. The number of hydrogen-bond donors (Lipinski definition) is 2. The van der Waals surface area contributed by atoms with Crippen molar-refractivity contribution in [3.05, 3.63) is 23.9 Å². The van der Waals surface area contributed by atoms with E-state index in [2.05, 4.69) is 9.72 Å². The zero-order chi connectivity index (χ0) is 12.4. The molecule has 1 aromatic heterocycles. The minimum absolute atomic E-state index is 0.0198. The van der Waals surface area contributed by atoms with E-state index < -0.39 is 23.9 Å². The highest BCUT2D eigenvalue weighted by Gasteiger charge is 2.54. The number of rotatable bonds is 3. The zero-order valence-corrected chi connectivity index (χ0v) is 8.45. The molecule has 1 unspecified atom stereocenters. The molecular formula is C9H11F3N2O2. The van der Waals surface area contributed by atoms with Gasteiger partial charge in [0.15, 0.2) is 5.60 Å². The number of alkyl halides is 3. The Morgan fingerprint density at radius 1 is 1.50 bits per heavy atom. The zero-order valence-electron chi connectivity index (χ0n) is 8.45. The average molecular weight is 236 g/mol. The molecule has 0 fully saturated rings. The molecule has 1 heterocycles. The second-order valence-electron chi connectivity index (χ2n) is 3.15. The van der Waals surface area contributed by atoms with Crippen LogP contribution in [0.5, 0.6) is 5.88 Å². The predicted molar refractivity (Wildman–Crippen MR) is 49.8 cm³/mol. The Morgan fingerprint density at radius 2 is 2.12 bits per heavy atom. The third-order valence-corrected chi connectivity index (χ3v) is 2.19. The molecule has 0 aliphatic rings. The van der Waals surface area contributed by atoms with Gasteiger partial charge in [-0.05, 0) is 6.07 Å². The van der Waals surface area contributed by atoms with Gasteiger partial charge in [0.05, 0.1) is 7.11 Å². The quantitative estimate of drug-likeness (QED) is 0.814. The average Bonchev–Trinajstić information content (AvgIpc) is 2.26. The number of aromatic nitrogens is 1. The third-order valence-electron chi connectivity index (χ3n) is 2.19. The fraction of sp³-hybridized carbons (Fsp3) is 0.444. The lowest BCUT2D eigenvalue weighted by atomic mass is 9.94. The van der Waals surface area contributed by atoms with Crippen LogP contribution in [-0.2, 0) is 5.60 Å². The Morgan fingerprint density at radius 3 is 2.56 bits per heavy atom. The molecule has 16 heavy (non-hydrogen) atoms.